The molecule has 2 aromatic heterocycles. The molecule has 1 spiro atoms. The van der Waals surface area contributed by atoms with E-state index in [1.54, 1.807) is 17.6 Å². The van der Waals surface area contributed by atoms with Crippen molar-refractivity contribution in [2.45, 2.75) is 69.6 Å². The number of rotatable bonds is 1. The van der Waals surface area contributed by atoms with Crippen molar-refractivity contribution >= 4 is 22.6 Å². The average Bonchev–Trinajstić information content (AvgIpc) is 3.16. The first kappa shape index (κ1) is 19.3. The Kier molecular flexibility index (Phi) is 3.52. The molecule has 4 aliphatic rings. The molecule has 1 fully saturated rings. The Balaban J connectivity index is 1.57. The standard InChI is InChI=1S/C26H25N3O4/c1-2-26(32)16-10-19-22-14(11-29(19)23(30)15(16)12-33-24(26)31)21-20-13(6-9-25(21)7-3-8-25)17(27)4-5-18(20)28-22/h4-5,10,32H,2-3,6-9,11-12,27H2,1H3/t26-/m0/s1. The molecule has 2 aliphatic heterocycles. The summed E-state index contributed by atoms with van der Waals surface area (Å²) in [7, 11) is 0. The van der Waals surface area contributed by atoms with Crippen molar-refractivity contribution in [2.24, 2.45) is 0 Å². The summed E-state index contributed by atoms with van der Waals surface area (Å²) < 4.78 is 6.94. The molecule has 0 unspecified atom stereocenters. The summed E-state index contributed by atoms with van der Waals surface area (Å²) in [6.07, 6.45) is 5.66. The van der Waals surface area contributed by atoms with Crippen LogP contribution in [0.5, 0.6) is 0 Å². The van der Waals surface area contributed by atoms with Crippen molar-refractivity contribution in [3.8, 4) is 11.4 Å². The van der Waals surface area contributed by atoms with Crippen molar-refractivity contribution in [2.75, 3.05) is 5.73 Å². The van der Waals surface area contributed by atoms with E-state index in [1.807, 2.05) is 12.1 Å². The second kappa shape index (κ2) is 6.03. The highest BCUT2D eigenvalue weighted by molar-refractivity contribution is 5.95. The van der Waals surface area contributed by atoms with Gasteiger partial charge in [0.2, 0.25) is 0 Å². The van der Waals surface area contributed by atoms with Crippen LogP contribution in [-0.4, -0.2) is 20.6 Å². The van der Waals surface area contributed by atoms with Crippen LogP contribution >= 0.6 is 0 Å². The number of nitrogen functional groups attached to an aromatic ring is 1. The van der Waals surface area contributed by atoms with Gasteiger partial charge in [0, 0.05) is 22.2 Å². The number of ether oxygens (including phenoxy) is 1. The van der Waals surface area contributed by atoms with E-state index in [2.05, 4.69) is 0 Å². The predicted octanol–water partition coefficient (Wildman–Crippen LogP) is 3.03. The summed E-state index contributed by atoms with van der Waals surface area (Å²) in [5, 5.41) is 12.3. The van der Waals surface area contributed by atoms with Gasteiger partial charge >= 0.3 is 5.97 Å². The molecule has 1 saturated carbocycles. The van der Waals surface area contributed by atoms with Gasteiger partial charge in [-0.3, -0.25) is 4.79 Å². The SMILES string of the molecule is CC[C@@]1(O)C(=O)OCc2c1cc1n(c2=O)Cc2c-1nc1ccc(N)c3c1c2C1(CCC1)CC3. The number of carbonyl (C=O) groups is 1. The van der Waals surface area contributed by atoms with Crippen LogP contribution in [-0.2, 0) is 40.1 Å². The van der Waals surface area contributed by atoms with Gasteiger partial charge < -0.3 is 20.1 Å². The van der Waals surface area contributed by atoms with Gasteiger partial charge in [0.1, 0.15) is 6.61 Å². The molecule has 33 heavy (non-hydrogen) atoms. The lowest BCUT2D eigenvalue weighted by Crippen LogP contribution is -2.44. The van der Waals surface area contributed by atoms with Crippen LogP contribution in [0.4, 0.5) is 5.69 Å². The van der Waals surface area contributed by atoms with Crippen molar-refractivity contribution in [3.05, 3.63) is 56.4 Å². The lowest BCUT2D eigenvalue weighted by molar-refractivity contribution is -0.172. The number of esters is 1. The number of anilines is 1. The third kappa shape index (κ3) is 2.16. The fraction of sp³-hybridized carbons (Fsp3) is 0.423. The van der Waals surface area contributed by atoms with Crippen LogP contribution in [0, 0.1) is 0 Å². The van der Waals surface area contributed by atoms with Gasteiger partial charge in [0.05, 0.1) is 29.0 Å². The Hall–Kier alpha value is -3.19. The van der Waals surface area contributed by atoms with Gasteiger partial charge in [-0.05, 0) is 66.8 Å². The molecule has 4 heterocycles. The lowest BCUT2D eigenvalue weighted by atomic mass is 9.57. The van der Waals surface area contributed by atoms with E-state index in [4.69, 9.17) is 15.5 Å². The fourth-order valence-electron chi connectivity index (χ4n) is 6.71. The van der Waals surface area contributed by atoms with E-state index in [1.165, 1.54) is 22.9 Å². The fourth-order valence-corrected chi connectivity index (χ4v) is 6.71. The van der Waals surface area contributed by atoms with Gasteiger partial charge in [0.15, 0.2) is 5.60 Å². The average molecular weight is 444 g/mol. The van der Waals surface area contributed by atoms with Gasteiger partial charge in [-0.1, -0.05) is 13.3 Å². The van der Waals surface area contributed by atoms with Gasteiger partial charge in [0.25, 0.3) is 5.56 Å². The second-order valence-corrected chi connectivity index (χ2v) is 10.1. The van der Waals surface area contributed by atoms with E-state index >= 15 is 0 Å². The zero-order valence-electron chi connectivity index (χ0n) is 18.5. The number of aryl methyl sites for hydroxylation is 1. The summed E-state index contributed by atoms with van der Waals surface area (Å²) in [6.45, 7) is 2.06. The minimum atomic E-state index is -1.81. The maximum absolute atomic E-state index is 13.6. The number of carbonyl (C=O) groups excluding carboxylic acids is 1. The number of nitrogens with zero attached hydrogens (tertiary/aromatic N) is 2. The number of hydrogen-bond donors (Lipinski definition) is 2. The van der Waals surface area contributed by atoms with Crippen LogP contribution < -0.4 is 11.3 Å². The van der Waals surface area contributed by atoms with Crippen molar-refractivity contribution < 1.29 is 14.6 Å². The zero-order valence-corrected chi connectivity index (χ0v) is 18.5. The molecule has 2 aliphatic carbocycles. The number of aliphatic hydroxyl groups is 1. The number of nitrogens with two attached hydrogens (primary N) is 1. The monoisotopic (exact) mass is 443 g/mol. The Bertz CT molecular complexity index is 1480. The highest BCUT2D eigenvalue weighted by atomic mass is 16.6. The molecule has 3 aromatic rings. The molecule has 0 amide bonds. The summed E-state index contributed by atoms with van der Waals surface area (Å²) in [5.74, 6) is -0.699. The minimum Gasteiger partial charge on any atom is -0.458 e. The highest BCUT2D eigenvalue weighted by Crippen LogP contribution is 2.56. The van der Waals surface area contributed by atoms with Gasteiger partial charge in [-0.25, -0.2) is 9.78 Å². The summed E-state index contributed by atoms with van der Waals surface area (Å²) >= 11 is 0. The largest absolute Gasteiger partial charge is 0.458 e. The molecule has 7 nitrogen and oxygen atoms in total. The number of cyclic esters (lactones) is 1. The number of pyridine rings is 2. The van der Waals surface area contributed by atoms with Crippen LogP contribution in [0.15, 0.2) is 23.0 Å². The molecule has 7 rings (SSSR count). The number of hydrogen-bond acceptors (Lipinski definition) is 6. The Morgan fingerprint density at radius 2 is 2.00 bits per heavy atom. The van der Waals surface area contributed by atoms with Crippen LogP contribution in [0.25, 0.3) is 22.3 Å². The van der Waals surface area contributed by atoms with Gasteiger partial charge in [-0.2, -0.15) is 0 Å². The van der Waals surface area contributed by atoms with E-state index in [0.717, 1.165) is 48.1 Å². The smallest absolute Gasteiger partial charge is 0.343 e. The number of aromatic nitrogens is 2. The minimum absolute atomic E-state index is 0.112. The second-order valence-electron chi connectivity index (χ2n) is 10.1. The lowest BCUT2D eigenvalue weighted by Gasteiger charge is -2.47. The Morgan fingerprint density at radius 1 is 1.18 bits per heavy atom. The number of benzene rings is 1. The molecule has 3 N–H and O–H groups in total. The molecule has 0 bridgehead atoms. The van der Waals surface area contributed by atoms with Crippen LogP contribution in [0.1, 0.15) is 66.8 Å². The molecule has 1 aromatic carbocycles. The Labute approximate surface area is 190 Å². The molecule has 0 radical (unpaired) electrons. The number of fused-ring (bicyclic) bond motifs is 6. The molecular weight excluding hydrogens is 418 g/mol. The topological polar surface area (TPSA) is 107 Å². The zero-order chi connectivity index (χ0) is 22.7. The maximum Gasteiger partial charge on any atom is 0.343 e. The molecule has 1 atom stereocenters. The predicted molar refractivity (Wildman–Crippen MR) is 123 cm³/mol. The van der Waals surface area contributed by atoms with E-state index < -0.39 is 11.6 Å². The molecule has 168 valence electrons. The molecule has 0 saturated heterocycles. The van der Waals surface area contributed by atoms with E-state index in [0.29, 0.717) is 23.4 Å². The normalized spacial score (nSPS) is 23.6. The van der Waals surface area contributed by atoms with E-state index in [-0.39, 0.29) is 24.0 Å². The highest BCUT2D eigenvalue weighted by Gasteiger charge is 2.48. The first-order valence-corrected chi connectivity index (χ1v) is 11.8. The van der Waals surface area contributed by atoms with Crippen molar-refractivity contribution in [3.63, 3.8) is 0 Å². The summed E-state index contributed by atoms with van der Waals surface area (Å²) in [6, 6.07) is 5.71. The summed E-state index contributed by atoms with van der Waals surface area (Å²) in [4.78, 5) is 31.0. The first-order chi connectivity index (χ1) is 15.9. The van der Waals surface area contributed by atoms with Gasteiger partial charge in [-0.15, -0.1) is 0 Å². The van der Waals surface area contributed by atoms with Crippen LogP contribution in [0.2, 0.25) is 0 Å². The quantitative estimate of drug-likeness (QED) is 0.346. The Morgan fingerprint density at radius 3 is 2.73 bits per heavy atom. The molecule has 7 heteroatoms. The van der Waals surface area contributed by atoms with Crippen molar-refractivity contribution in [1.29, 1.82) is 0 Å². The third-order valence-electron chi connectivity index (χ3n) is 8.69. The van der Waals surface area contributed by atoms with Crippen molar-refractivity contribution in [1.82, 2.24) is 9.55 Å². The summed E-state index contributed by atoms with van der Waals surface area (Å²) in [5.41, 5.74) is 12.0. The van der Waals surface area contributed by atoms with Crippen LogP contribution in [0.3, 0.4) is 0 Å². The maximum atomic E-state index is 13.6. The first-order valence-electron chi connectivity index (χ1n) is 11.8. The van der Waals surface area contributed by atoms with E-state index in [9.17, 15) is 14.7 Å². The third-order valence-corrected chi connectivity index (χ3v) is 8.69. The molecular formula is C26H25N3O4.